The van der Waals surface area contributed by atoms with E-state index in [9.17, 15) is 12.8 Å². The van der Waals surface area contributed by atoms with Crippen LogP contribution in [0.25, 0.3) is 0 Å². The van der Waals surface area contributed by atoms with Crippen molar-refractivity contribution >= 4 is 9.84 Å². The highest BCUT2D eigenvalue weighted by molar-refractivity contribution is 7.90. The van der Waals surface area contributed by atoms with Crippen LogP contribution in [-0.2, 0) is 9.84 Å². The Hall–Kier alpha value is -1.18. The number of ether oxygens (including phenoxy) is 1. The van der Waals surface area contributed by atoms with Gasteiger partial charge in [0.05, 0.1) is 12.9 Å². The van der Waals surface area contributed by atoms with Gasteiger partial charge >= 0.3 is 0 Å². The van der Waals surface area contributed by atoms with Gasteiger partial charge in [0.2, 0.25) is 0 Å². The number of hydrazine groups is 1. The van der Waals surface area contributed by atoms with Crippen LogP contribution in [0.15, 0.2) is 18.2 Å². The van der Waals surface area contributed by atoms with Crippen LogP contribution in [0.3, 0.4) is 0 Å². The van der Waals surface area contributed by atoms with Crippen molar-refractivity contribution in [3.8, 4) is 5.75 Å². The van der Waals surface area contributed by atoms with Crippen LogP contribution in [0, 0.1) is 5.82 Å². The van der Waals surface area contributed by atoms with E-state index in [4.69, 9.17) is 10.6 Å². The molecule has 0 aliphatic rings. The molecular weight excluding hydrogens is 259 g/mol. The van der Waals surface area contributed by atoms with Gasteiger partial charge in [-0.25, -0.2) is 12.8 Å². The lowest BCUT2D eigenvalue weighted by molar-refractivity contribution is 0.408. The van der Waals surface area contributed by atoms with Crippen molar-refractivity contribution in [2.45, 2.75) is 12.5 Å². The van der Waals surface area contributed by atoms with E-state index >= 15 is 0 Å². The molecule has 0 amide bonds. The van der Waals surface area contributed by atoms with Crippen LogP contribution in [-0.4, -0.2) is 27.5 Å². The smallest absolute Gasteiger partial charge is 0.147 e. The molecule has 1 atom stereocenters. The lowest BCUT2D eigenvalue weighted by Gasteiger charge is -2.17. The third-order valence-electron chi connectivity index (χ3n) is 2.56. The first-order chi connectivity index (χ1) is 8.37. The lowest BCUT2D eigenvalue weighted by atomic mass is 10.0. The fourth-order valence-corrected chi connectivity index (χ4v) is 2.24. The molecule has 0 aliphatic carbocycles. The van der Waals surface area contributed by atoms with Crippen LogP contribution >= 0.6 is 0 Å². The van der Waals surface area contributed by atoms with Crippen LogP contribution in [0.1, 0.15) is 18.0 Å². The number of halogens is 1. The van der Waals surface area contributed by atoms with Crippen molar-refractivity contribution in [3.05, 3.63) is 29.6 Å². The molecule has 0 bridgehead atoms. The zero-order valence-electron chi connectivity index (χ0n) is 10.3. The number of hydrogen-bond donors (Lipinski definition) is 2. The zero-order valence-corrected chi connectivity index (χ0v) is 11.1. The van der Waals surface area contributed by atoms with Crippen molar-refractivity contribution in [3.63, 3.8) is 0 Å². The summed E-state index contributed by atoms with van der Waals surface area (Å²) in [5.74, 6) is 5.19. The van der Waals surface area contributed by atoms with Gasteiger partial charge in [-0.15, -0.1) is 0 Å². The molecule has 18 heavy (non-hydrogen) atoms. The first-order valence-corrected chi connectivity index (χ1v) is 7.40. The molecule has 1 rings (SSSR count). The number of nitrogens with one attached hydrogen (secondary N) is 1. The molecule has 1 aromatic carbocycles. The lowest BCUT2D eigenvalue weighted by Crippen LogP contribution is -2.30. The first kappa shape index (κ1) is 14.9. The Morgan fingerprint density at radius 3 is 2.61 bits per heavy atom. The Kier molecular flexibility index (Phi) is 5.06. The predicted octanol–water partition coefficient (Wildman–Crippen LogP) is 0.773. The van der Waals surface area contributed by atoms with E-state index in [1.54, 1.807) is 6.07 Å². The van der Waals surface area contributed by atoms with Gasteiger partial charge in [-0.05, 0) is 12.5 Å². The minimum atomic E-state index is -3.11. The zero-order chi connectivity index (χ0) is 13.8. The second-order valence-electron chi connectivity index (χ2n) is 4.03. The van der Waals surface area contributed by atoms with Crippen LogP contribution in [0.2, 0.25) is 0 Å². The highest BCUT2D eigenvalue weighted by Crippen LogP contribution is 2.23. The quantitative estimate of drug-likeness (QED) is 0.592. The first-order valence-electron chi connectivity index (χ1n) is 5.34. The van der Waals surface area contributed by atoms with Crippen LogP contribution in [0.4, 0.5) is 4.39 Å². The topological polar surface area (TPSA) is 81.4 Å². The maximum Gasteiger partial charge on any atom is 0.147 e. The fraction of sp³-hybridized carbons (Fsp3) is 0.455. The molecule has 5 nitrogen and oxygen atoms in total. The van der Waals surface area contributed by atoms with E-state index in [1.807, 2.05) is 0 Å². The number of sulfone groups is 1. The van der Waals surface area contributed by atoms with Gasteiger partial charge in [-0.3, -0.25) is 11.3 Å². The minimum Gasteiger partial charge on any atom is -0.497 e. The van der Waals surface area contributed by atoms with Crippen molar-refractivity contribution in [1.82, 2.24) is 5.43 Å². The average Bonchev–Trinajstić information content (AvgIpc) is 2.30. The Bertz CT molecular complexity index is 505. The molecule has 0 heterocycles. The molecule has 0 aliphatic heterocycles. The Labute approximate surface area is 106 Å². The Morgan fingerprint density at radius 1 is 1.50 bits per heavy atom. The van der Waals surface area contributed by atoms with E-state index in [1.165, 1.54) is 19.2 Å². The molecule has 7 heteroatoms. The normalized spacial score (nSPS) is 13.3. The SMILES string of the molecule is COc1ccc(C(CCS(C)(=O)=O)NN)c(F)c1. The van der Waals surface area contributed by atoms with E-state index in [-0.39, 0.29) is 12.2 Å². The summed E-state index contributed by atoms with van der Waals surface area (Å²) in [6.45, 7) is 0. The van der Waals surface area contributed by atoms with Gasteiger partial charge in [0, 0.05) is 23.9 Å². The predicted molar refractivity (Wildman–Crippen MR) is 67.3 cm³/mol. The summed E-state index contributed by atoms with van der Waals surface area (Å²) < 4.78 is 40.8. The van der Waals surface area contributed by atoms with Crippen LogP contribution in [0.5, 0.6) is 5.75 Å². The van der Waals surface area contributed by atoms with Gasteiger partial charge in [-0.1, -0.05) is 6.07 Å². The van der Waals surface area contributed by atoms with Crippen molar-refractivity contribution < 1.29 is 17.5 Å². The van der Waals surface area contributed by atoms with Crippen molar-refractivity contribution in [1.29, 1.82) is 0 Å². The van der Waals surface area contributed by atoms with Gasteiger partial charge in [0.25, 0.3) is 0 Å². The molecule has 3 N–H and O–H groups in total. The second-order valence-corrected chi connectivity index (χ2v) is 6.28. The summed E-state index contributed by atoms with van der Waals surface area (Å²) in [6.07, 6.45) is 1.34. The molecule has 0 radical (unpaired) electrons. The van der Waals surface area contributed by atoms with E-state index in [0.717, 1.165) is 6.26 Å². The molecule has 0 spiro atoms. The van der Waals surface area contributed by atoms with Crippen LogP contribution < -0.4 is 16.0 Å². The summed E-state index contributed by atoms with van der Waals surface area (Å²) in [5, 5.41) is 0. The summed E-state index contributed by atoms with van der Waals surface area (Å²) in [7, 11) is -1.66. The number of methoxy groups -OCH3 is 1. The van der Waals surface area contributed by atoms with E-state index < -0.39 is 21.7 Å². The number of benzene rings is 1. The Morgan fingerprint density at radius 2 is 2.17 bits per heavy atom. The molecule has 0 fully saturated rings. The number of nitrogens with two attached hydrogens (primary N) is 1. The van der Waals surface area contributed by atoms with E-state index in [2.05, 4.69) is 5.43 Å². The third kappa shape index (κ3) is 4.25. The molecule has 0 aromatic heterocycles. The Balaban J connectivity index is 2.88. The van der Waals surface area contributed by atoms with Crippen molar-refractivity contribution in [2.75, 3.05) is 19.1 Å². The summed E-state index contributed by atoms with van der Waals surface area (Å²) in [4.78, 5) is 0. The maximum absolute atomic E-state index is 13.8. The van der Waals surface area contributed by atoms with Gasteiger partial charge < -0.3 is 4.74 Å². The minimum absolute atomic E-state index is 0.0622. The molecule has 1 unspecified atom stereocenters. The summed E-state index contributed by atoms with van der Waals surface area (Å²) in [5.41, 5.74) is 2.75. The molecular formula is C11H17FN2O3S. The average molecular weight is 276 g/mol. The highest BCUT2D eigenvalue weighted by atomic mass is 32.2. The van der Waals surface area contributed by atoms with Gasteiger partial charge in [-0.2, -0.15) is 0 Å². The summed E-state index contributed by atoms with van der Waals surface area (Å²) in [6, 6.07) is 3.82. The second kappa shape index (κ2) is 6.12. The monoisotopic (exact) mass is 276 g/mol. The molecule has 0 saturated heterocycles. The highest BCUT2D eigenvalue weighted by Gasteiger charge is 2.17. The fourth-order valence-electron chi connectivity index (χ4n) is 1.58. The standard InChI is InChI=1S/C11H17FN2O3S/c1-17-8-3-4-9(10(12)7-8)11(14-13)5-6-18(2,15)16/h3-4,7,11,14H,5-6,13H2,1-2H3. The number of rotatable bonds is 6. The van der Waals surface area contributed by atoms with Gasteiger partial charge in [0.15, 0.2) is 0 Å². The van der Waals surface area contributed by atoms with Gasteiger partial charge in [0.1, 0.15) is 21.4 Å². The number of hydrogen-bond acceptors (Lipinski definition) is 5. The molecule has 102 valence electrons. The summed E-state index contributed by atoms with van der Waals surface area (Å²) >= 11 is 0. The molecule has 0 saturated carbocycles. The van der Waals surface area contributed by atoms with E-state index in [0.29, 0.717) is 11.3 Å². The van der Waals surface area contributed by atoms with Crippen molar-refractivity contribution in [2.24, 2.45) is 5.84 Å². The maximum atomic E-state index is 13.8. The largest absolute Gasteiger partial charge is 0.497 e. The third-order valence-corrected chi connectivity index (χ3v) is 3.54. The molecule has 1 aromatic rings.